The molecule has 0 spiro atoms. The molecule has 1 aliphatic heterocycles. The van der Waals surface area contributed by atoms with Crippen molar-refractivity contribution < 1.29 is 31.8 Å². The molecule has 1 amide bonds. The molecule has 1 saturated heterocycles. The maximum atomic E-state index is 14.7. The maximum Gasteiger partial charge on any atom is 0.415 e. The summed E-state index contributed by atoms with van der Waals surface area (Å²) in [7, 11) is 0. The van der Waals surface area contributed by atoms with E-state index >= 15 is 0 Å². The third-order valence-electron chi connectivity index (χ3n) is 4.59. The van der Waals surface area contributed by atoms with Gasteiger partial charge >= 0.3 is 6.09 Å². The number of carbonyl (C=O) groups excluding carboxylic acids is 1. The summed E-state index contributed by atoms with van der Waals surface area (Å²) in [5, 5.41) is 0. The number of H-pyrrole nitrogens is 1. The summed E-state index contributed by atoms with van der Waals surface area (Å²) >= 11 is 0. The Labute approximate surface area is 162 Å². The zero-order chi connectivity index (χ0) is 20.5. The van der Waals surface area contributed by atoms with Crippen molar-refractivity contribution in [1.82, 2.24) is 9.97 Å². The fourth-order valence-corrected chi connectivity index (χ4v) is 3.18. The van der Waals surface area contributed by atoms with Gasteiger partial charge in [-0.15, -0.1) is 0 Å². The molecule has 10 heteroatoms. The number of aromatic nitrogens is 2. The van der Waals surface area contributed by atoms with Crippen molar-refractivity contribution in [2.75, 3.05) is 18.1 Å². The van der Waals surface area contributed by atoms with Crippen molar-refractivity contribution in [1.29, 1.82) is 0 Å². The zero-order valence-corrected chi connectivity index (χ0v) is 14.9. The average Bonchev–Trinajstić information content (AvgIpc) is 3.30. The predicted molar refractivity (Wildman–Crippen MR) is 95.1 cm³/mol. The molecule has 2 heterocycles. The molecule has 3 aromatic rings. The highest BCUT2D eigenvalue weighted by Crippen LogP contribution is 2.37. The Balaban J connectivity index is 1.64. The number of alkyl halides is 2. The van der Waals surface area contributed by atoms with Crippen LogP contribution in [-0.2, 0) is 4.74 Å². The molecular weight excluding hydrogens is 394 g/mol. The van der Waals surface area contributed by atoms with Gasteiger partial charge in [0.1, 0.15) is 12.6 Å². The van der Waals surface area contributed by atoms with Crippen molar-refractivity contribution in [3.8, 4) is 5.75 Å². The molecule has 6 nitrogen and oxygen atoms in total. The Morgan fingerprint density at radius 1 is 1.24 bits per heavy atom. The van der Waals surface area contributed by atoms with E-state index in [1.165, 1.54) is 17.3 Å². The molecule has 4 rings (SSSR count). The lowest BCUT2D eigenvalue weighted by atomic mass is 10.0. The number of fused-ring (bicyclic) bond motifs is 1. The van der Waals surface area contributed by atoms with Crippen molar-refractivity contribution in [3.05, 3.63) is 53.9 Å². The maximum absolute atomic E-state index is 14.7. The Hall–Kier alpha value is -3.30. The number of cyclic esters (lactones) is 1. The molecule has 0 saturated carbocycles. The Morgan fingerprint density at radius 3 is 2.86 bits per heavy atom. The topological polar surface area (TPSA) is 67.5 Å². The summed E-state index contributed by atoms with van der Waals surface area (Å²) in [4.78, 5) is 20.5. The van der Waals surface area contributed by atoms with Gasteiger partial charge in [0.2, 0.25) is 12.2 Å². The number of nitrogens with one attached hydrogen (secondary N) is 1. The summed E-state index contributed by atoms with van der Waals surface area (Å²) in [5.74, 6) is -3.01. The first-order valence-electron chi connectivity index (χ1n) is 8.73. The van der Waals surface area contributed by atoms with E-state index in [0.717, 1.165) is 11.6 Å². The van der Waals surface area contributed by atoms with Crippen LogP contribution in [-0.4, -0.2) is 35.7 Å². The molecule has 0 unspecified atom stereocenters. The molecular formula is C19H15F4N3O3. The van der Waals surface area contributed by atoms with Gasteiger partial charge in [-0.25, -0.2) is 22.9 Å². The SMILES string of the molecule is O=C1OC[C@@H](c2ccc(OCCC(F)F)c(F)c2F)N1c1ccc2[nH]cnc2c1. The lowest BCUT2D eigenvalue weighted by Crippen LogP contribution is -2.28. The summed E-state index contributed by atoms with van der Waals surface area (Å²) in [5.41, 5.74) is 1.64. The Kier molecular flexibility index (Phi) is 4.99. The minimum absolute atomic E-state index is 0.114. The predicted octanol–water partition coefficient (Wildman–Crippen LogP) is 4.57. The van der Waals surface area contributed by atoms with Gasteiger partial charge in [-0.3, -0.25) is 4.90 Å². The van der Waals surface area contributed by atoms with Crippen LogP contribution in [0.3, 0.4) is 0 Å². The van der Waals surface area contributed by atoms with Crippen molar-refractivity contribution >= 4 is 22.8 Å². The second-order valence-corrected chi connectivity index (χ2v) is 6.38. The van der Waals surface area contributed by atoms with Gasteiger partial charge in [-0.2, -0.15) is 4.39 Å². The number of benzene rings is 2. The summed E-state index contributed by atoms with van der Waals surface area (Å²) < 4.78 is 63.4. The molecule has 1 aromatic heterocycles. The Bertz CT molecular complexity index is 1060. The summed E-state index contributed by atoms with van der Waals surface area (Å²) in [6, 6.07) is 6.46. The van der Waals surface area contributed by atoms with E-state index in [1.807, 2.05) is 0 Å². The number of anilines is 1. The fourth-order valence-electron chi connectivity index (χ4n) is 3.18. The third kappa shape index (κ3) is 3.57. The van der Waals surface area contributed by atoms with Gasteiger partial charge in [0.15, 0.2) is 11.6 Å². The number of hydrogen-bond acceptors (Lipinski definition) is 4. The molecule has 0 radical (unpaired) electrons. The molecule has 1 aliphatic rings. The quantitative estimate of drug-likeness (QED) is 0.606. The van der Waals surface area contributed by atoms with Crippen LogP contribution in [0.25, 0.3) is 11.0 Å². The van der Waals surface area contributed by atoms with Crippen LogP contribution in [0.4, 0.5) is 28.0 Å². The molecule has 2 aromatic carbocycles. The number of amides is 1. The average molecular weight is 409 g/mol. The van der Waals surface area contributed by atoms with Crippen LogP contribution < -0.4 is 9.64 Å². The van der Waals surface area contributed by atoms with E-state index in [2.05, 4.69) is 9.97 Å². The second-order valence-electron chi connectivity index (χ2n) is 6.38. The standard InChI is InChI=1S/C19H15F4N3O3/c20-16(21)5-6-28-15-4-2-11(17(22)18(15)23)14-8-29-19(27)26(14)10-1-3-12-13(7-10)25-9-24-12/h1-4,7,9,14,16H,5-6,8H2,(H,24,25)/t14-/m0/s1. The Morgan fingerprint density at radius 2 is 2.07 bits per heavy atom. The number of rotatable bonds is 6. The van der Waals surface area contributed by atoms with E-state index < -0.39 is 49.0 Å². The van der Waals surface area contributed by atoms with Crippen LogP contribution in [0.5, 0.6) is 5.75 Å². The smallest absolute Gasteiger partial charge is 0.415 e. The van der Waals surface area contributed by atoms with E-state index in [9.17, 15) is 22.4 Å². The summed E-state index contributed by atoms with van der Waals surface area (Å²) in [6.45, 7) is -0.631. The minimum atomic E-state index is -2.61. The second kappa shape index (κ2) is 7.61. The first kappa shape index (κ1) is 19.0. The number of nitrogens with zero attached hydrogens (tertiary/aromatic N) is 2. The van der Waals surface area contributed by atoms with Gasteiger partial charge < -0.3 is 14.5 Å². The van der Waals surface area contributed by atoms with E-state index in [4.69, 9.17) is 9.47 Å². The van der Waals surface area contributed by atoms with E-state index in [0.29, 0.717) is 11.2 Å². The third-order valence-corrected chi connectivity index (χ3v) is 4.59. The number of imidazole rings is 1. The van der Waals surface area contributed by atoms with Crippen LogP contribution in [0.2, 0.25) is 0 Å². The molecule has 0 bridgehead atoms. The lowest BCUT2D eigenvalue weighted by Gasteiger charge is -2.22. The van der Waals surface area contributed by atoms with Gasteiger partial charge in [0.25, 0.3) is 0 Å². The summed E-state index contributed by atoms with van der Waals surface area (Å²) in [6.07, 6.45) is -2.42. The number of halogens is 4. The molecule has 152 valence electrons. The van der Waals surface area contributed by atoms with Gasteiger partial charge in [0, 0.05) is 12.0 Å². The van der Waals surface area contributed by atoms with Crippen LogP contribution in [0, 0.1) is 11.6 Å². The normalized spacial score (nSPS) is 16.7. The van der Waals surface area contributed by atoms with Crippen LogP contribution >= 0.6 is 0 Å². The molecule has 1 atom stereocenters. The van der Waals surface area contributed by atoms with Crippen molar-refractivity contribution in [2.45, 2.75) is 18.9 Å². The number of ether oxygens (including phenoxy) is 2. The lowest BCUT2D eigenvalue weighted by molar-refractivity contribution is 0.112. The molecule has 29 heavy (non-hydrogen) atoms. The van der Waals surface area contributed by atoms with Gasteiger partial charge in [-0.05, 0) is 30.3 Å². The highest BCUT2D eigenvalue weighted by Gasteiger charge is 2.38. The van der Waals surface area contributed by atoms with Crippen molar-refractivity contribution in [3.63, 3.8) is 0 Å². The van der Waals surface area contributed by atoms with Crippen molar-refractivity contribution in [2.24, 2.45) is 0 Å². The zero-order valence-electron chi connectivity index (χ0n) is 14.9. The molecule has 1 fully saturated rings. The van der Waals surface area contributed by atoms with Gasteiger partial charge in [0.05, 0.1) is 29.7 Å². The highest BCUT2D eigenvalue weighted by molar-refractivity contribution is 5.93. The molecule has 0 aliphatic carbocycles. The first-order chi connectivity index (χ1) is 14.0. The monoisotopic (exact) mass is 409 g/mol. The number of carbonyl (C=O) groups is 1. The first-order valence-corrected chi connectivity index (χ1v) is 8.73. The molecule has 1 N–H and O–H groups in total. The largest absolute Gasteiger partial charge is 0.490 e. The number of hydrogen-bond donors (Lipinski definition) is 1. The highest BCUT2D eigenvalue weighted by atomic mass is 19.3. The van der Waals surface area contributed by atoms with Gasteiger partial charge in [-0.1, -0.05) is 0 Å². The van der Waals surface area contributed by atoms with E-state index in [-0.39, 0.29) is 12.2 Å². The number of aromatic amines is 1. The minimum Gasteiger partial charge on any atom is -0.490 e. The van der Waals surface area contributed by atoms with Crippen LogP contribution in [0.15, 0.2) is 36.7 Å². The fraction of sp³-hybridized carbons (Fsp3) is 0.263. The van der Waals surface area contributed by atoms with E-state index in [1.54, 1.807) is 18.2 Å². The van der Waals surface area contributed by atoms with Crippen LogP contribution in [0.1, 0.15) is 18.0 Å².